The smallest absolute Gasteiger partial charge is 0.162 e. The van der Waals surface area contributed by atoms with Crippen LogP contribution >= 0.6 is 0 Å². The van der Waals surface area contributed by atoms with E-state index < -0.39 is 0 Å². The van der Waals surface area contributed by atoms with E-state index >= 15 is 0 Å². The van der Waals surface area contributed by atoms with Gasteiger partial charge < -0.3 is 4.42 Å². The van der Waals surface area contributed by atoms with E-state index in [1.165, 1.54) is 5.69 Å². The first-order valence-electron chi connectivity index (χ1n) is 22.2. The van der Waals surface area contributed by atoms with Gasteiger partial charge in [-0.3, -0.25) is 9.13 Å². The van der Waals surface area contributed by atoms with Gasteiger partial charge in [0.2, 0.25) is 0 Å². The van der Waals surface area contributed by atoms with E-state index in [1.54, 1.807) is 0 Å². The Morgan fingerprint density at radius 1 is 0.431 bits per heavy atom. The molecule has 1 aliphatic rings. The third-order valence-corrected chi connectivity index (χ3v) is 12.8. The number of aromatic nitrogens is 5. The van der Waals surface area contributed by atoms with Crippen molar-refractivity contribution in [2.75, 3.05) is 0 Å². The molecule has 0 saturated heterocycles. The van der Waals surface area contributed by atoms with E-state index in [9.17, 15) is 0 Å². The molecule has 0 spiro atoms. The van der Waals surface area contributed by atoms with Gasteiger partial charge in [-0.05, 0) is 108 Å². The van der Waals surface area contributed by atoms with Crippen LogP contribution < -0.4 is 0 Å². The Bertz CT molecular complexity index is 3800. The molecule has 0 aliphatic heterocycles. The molecule has 13 rings (SSSR count). The fourth-order valence-electron chi connectivity index (χ4n) is 9.72. The maximum absolute atomic E-state index is 6.74. The Labute approximate surface area is 375 Å². The summed E-state index contributed by atoms with van der Waals surface area (Å²) in [6.07, 6.45) is 6.35. The quantitative estimate of drug-likeness (QED) is 0.160. The molecule has 0 amide bonds. The summed E-state index contributed by atoms with van der Waals surface area (Å²) >= 11 is 0. The van der Waals surface area contributed by atoms with E-state index in [1.807, 2.05) is 24.3 Å². The largest absolute Gasteiger partial charge is 0.454 e. The van der Waals surface area contributed by atoms with Gasteiger partial charge in [-0.1, -0.05) is 140 Å². The second-order valence-corrected chi connectivity index (χ2v) is 16.7. The second kappa shape index (κ2) is 15.0. The van der Waals surface area contributed by atoms with Crippen LogP contribution in [0.3, 0.4) is 0 Å². The number of fused-ring (bicyclic) bond motifs is 7. The number of benzene rings is 8. The molecule has 12 aromatic rings. The summed E-state index contributed by atoms with van der Waals surface area (Å²) < 4.78 is 11.3. The van der Waals surface area contributed by atoms with E-state index in [0.29, 0.717) is 0 Å². The summed E-state index contributed by atoms with van der Waals surface area (Å²) in [4.78, 5) is 15.7. The van der Waals surface area contributed by atoms with Crippen molar-refractivity contribution < 1.29 is 4.42 Å². The third-order valence-electron chi connectivity index (χ3n) is 12.8. The minimum absolute atomic E-state index is 0.782. The molecule has 306 valence electrons. The molecule has 65 heavy (non-hydrogen) atoms. The molecule has 0 radical (unpaired) electrons. The highest BCUT2D eigenvalue weighted by atomic mass is 16.3. The average Bonchev–Trinajstić information content (AvgIpc) is 4.09. The minimum Gasteiger partial charge on any atom is -0.454 e. The van der Waals surface area contributed by atoms with Gasteiger partial charge in [0, 0.05) is 44.2 Å². The summed E-state index contributed by atoms with van der Waals surface area (Å²) in [7, 11) is 0. The number of allylic oxidation sites excluding steroid dienone is 1. The van der Waals surface area contributed by atoms with Crippen molar-refractivity contribution >= 4 is 50.0 Å². The fourth-order valence-corrected chi connectivity index (χ4v) is 9.72. The van der Waals surface area contributed by atoms with E-state index in [2.05, 4.69) is 197 Å². The van der Waals surface area contributed by atoms with Crippen molar-refractivity contribution in [3.63, 3.8) is 0 Å². The molecule has 0 saturated carbocycles. The molecule has 1 aliphatic carbocycles. The number of para-hydroxylation sites is 6. The lowest BCUT2D eigenvalue weighted by Crippen LogP contribution is -2.04. The Balaban J connectivity index is 0.973. The molecular formula is C59H39N5O. The van der Waals surface area contributed by atoms with Crippen LogP contribution in [-0.4, -0.2) is 24.1 Å². The third kappa shape index (κ3) is 6.21. The summed E-state index contributed by atoms with van der Waals surface area (Å²) in [6, 6.07) is 70.5. The van der Waals surface area contributed by atoms with Crippen molar-refractivity contribution in [1.29, 1.82) is 0 Å². The molecule has 0 unspecified atom stereocenters. The van der Waals surface area contributed by atoms with Gasteiger partial charge in [0.15, 0.2) is 5.58 Å². The molecule has 4 aromatic heterocycles. The SMILES string of the molecule is C1=Cc2nc(-c3ccc(-c4cc(-c5ccc(-c6nc7ccccc7n6-c6ccccc6)cc5)cc(-c5nc6ccccc6c6c5oc5ccccc56)c4)cc3)n(-c3ccccc3)c2CC1. The molecule has 6 heteroatoms. The summed E-state index contributed by atoms with van der Waals surface area (Å²) in [6.45, 7) is 0. The first-order chi connectivity index (χ1) is 32.2. The van der Waals surface area contributed by atoms with Crippen molar-refractivity contribution in [1.82, 2.24) is 24.1 Å². The molecule has 0 fully saturated rings. The average molecular weight is 834 g/mol. The van der Waals surface area contributed by atoms with Gasteiger partial charge in [0.1, 0.15) is 22.9 Å². The molecule has 0 bridgehead atoms. The minimum atomic E-state index is 0.782. The highest BCUT2D eigenvalue weighted by molar-refractivity contribution is 6.20. The standard InChI is InChI=1S/C59H39N5O/c1-3-15-45(16-4-1)63-52-24-12-10-22-50(52)61-58(63)40-31-27-38(28-32-40)42-35-43(37-44(36-42)56-57-55(47-19-7-9-21-49(47)60-56)48-20-8-14-26-54(48)65-57)39-29-33-41(34-30-39)59-62-51-23-11-13-25-53(51)64(59)46-17-5-2-6-18-46/h1-12,14-24,26-37H,13,25H2. The first-order valence-corrected chi connectivity index (χ1v) is 22.2. The number of nitrogens with zero attached hydrogens (tertiary/aromatic N) is 5. The lowest BCUT2D eigenvalue weighted by Gasteiger charge is -2.15. The van der Waals surface area contributed by atoms with Gasteiger partial charge in [-0.15, -0.1) is 0 Å². The Morgan fingerprint density at radius 3 is 1.69 bits per heavy atom. The highest BCUT2D eigenvalue weighted by Crippen LogP contribution is 2.42. The van der Waals surface area contributed by atoms with Crippen molar-refractivity contribution in [3.8, 4) is 67.7 Å². The number of hydrogen-bond acceptors (Lipinski definition) is 4. The van der Waals surface area contributed by atoms with Crippen molar-refractivity contribution in [3.05, 3.63) is 218 Å². The summed E-state index contributed by atoms with van der Waals surface area (Å²) in [5.74, 6) is 1.85. The zero-order valence-electron chi connectivity index (χ0n) is 35.3. The monoisotopic (exact) mass is 833 g/mol. The van der Waals surface area contributed by atoms with Gasteiger partial charge in [0.25, 0.3) is 0 Å². The van der Waals surface area contributed by atoms with Crippen LogP contribution in [0.4, 0.5) is 0 Å². The van der Waals surface area contributed by atoms with Gasteiger partial charge in [-0.2, -0.15) is 0 Å². The van der Waals surface area contributed by atoms with Gasteiger partial charge >= 0.3 is 0 Å². The molecule has 6 nitrogen and oxygen atoms in total. The lowest BCUT2D eigenvalue weighted by atomic mass is 9.93. The van der Waals surface area contributed by atoms with Gasteiger partial charge in [0.05, 0.1) is 27.9 Å². The zero-order chi connectivity index (χ0) is 42.8. The van der Waals surface area contributed by atoms with E-state index in [0.717, 1.165) is 130 Å². The topological polar surface area (TPSA) is 61.7 Å². The Kier molecular flexibility index (Phi) is 8.56. The summed E-state index contributed by atoms with van der Waals surface area (Å²) in [5.41, 5.74) is 17.3. The van der Waals surface area contributed by atoms with Gasteiger partial charge in [-0.25, -0.2) is 15.0 Å². The molecule has 0 N–H and O–H groups in total. The molecule has 8 aromatic carbocycles. The Hall–Kier alpha value is -8.61. The maximum Gasteiger partial charge on any atom is 0.162 e. The van der Waals surface area contributed by atoms with Crippen LogP contribution in [0.5, 0.6) is 0 Å². The van der Waals surface area contributed by atoms with Crippen LogP contribution in [0.2, 0.25) is 0 Å². The second-order valence-electron chi connectivity index (χ2n) is 16.7. The van der Waals surface area contributed by atoms with Crippen LogP contribution in [0.1, 0.15) is 17.8 Å². The van der Waals surface area contributed by atoms with E-state index in [-0.39, 0.29) is 0 Å². The van der Waals surface area contributed by atoms with Crippen LogP contribution in [0.25, 0.3) is 118 Å². The zero-order valence-corrected chi connectivity index (χ0v) is 35.3. The Morgan fingerprint density at radius 2 is 0.985 bits per heavy atom. The van der Waals surface area contributed by atoms with Crippen molar-refractivity contribution in [2.45, 2.75) is 12.8 Å². The van der Waals surface area contributed by atoms with Crippen molar-refractivity contribution in [2.24, 2.45) is 0 Å². The molecule has 4 heterocycles. The van der Waals surface area contributed by atoms with E-state index in [4.69, 9.17) is 19.4 Å². The predicted octanol–water partition coefficient (Wildman–Crippen LogP) is 15.0. The van der Waals surface area contributed by atoms with Crippen LogP contribution in [0, 0.1) is 0 Å². The number of hydrogen-bond donors (Lipinski definition) is 0. The predicted molar refractivity (Wildman–Crippen MR) is 265 cm³/mol. The summed E-state index contributed by atoms with van der Waals surface area (Å²) in [5, 5.41) is 3.23. The molecular weight excluding hydrogens is 795 g/mol. The van der Waals surface area contributed by atoms with Crippen LogP contribution in [0.15, 0.2) is 211 Å². The van der Waals surface area contributed by atoms with Crippen LogP contribution in [-0.2, 0) is 6.42 Å². The fraction of sp³-hybridized carbons (Fsp3) is 0.0339. The molecule has 0 atom stereocenters. The first kappa shape index (κ1) is 37.0. The normalized spacial score (nSPS) is 12.4. The maximum atomic E-state index is 6.74. The highest BCUT2D eigenvalue weighted by Gasteiger charge is 2.22. The lowest BCUT2D eigenvalue weighted by molar-refractivity contribution is 0.669. The number of imidazole rings is 2. The number of pyridine rings is 1. The number of furan rings is 1. The number of rotatable bonds is 7.